The van der Waals surface area contributed by atoms with Crippen LogP contribution in [0, 0.1) is 12.7 Å². The second kappa shape index (κ2) is 9.88. The van der Waals surface area contributed by atoms with Gasteiger partial charge < -0.3 is 10.1 Å². The lowest BCUT2D eigenvalue weighted by Crippen LogP contribution is -2.15. The Balaban J connectivity index is 1.42. The van der Waals surface area contributed by atoms with Crippen LogP contribution in [0.1, 0.15) is 5.69 Å². The van der Waals surface area contributed by atoms with Crippen molar-refractivity contribution < 1.29 is 13.9 Å². The van der Waals surface area contributed by atoms with Crippen LogP contribution in [0.2, 0.25) is 0 Å². The first kappa shape index (κ1) is 21.9. The summed E-state index contributed by atoms with van der Waals surface area (Å²) in [5.74, 6) is 0.0923. The van der Waals surface area contributed by atoms with Gasteiger partial charge in [0, 0.05) is 5.56 Å². The minimum Gasteiger partial charge on any atom is -0.497 e. The average molecular weight is 467 g/mol. The van der Waals surface area contributed by atoms with Gasteiger partial charge in [-0.15, -0.1) is 21.5 Å². The summed E-state index contributed by atoms with van der Waals surface area (Å²) < 4.78 is 18.9. The van der Waals surface area contributed by atoms with Crippen LogP contribution in [-0.2, 0) is 4.79 Å². The first-order valence-electron chi connectivity index (χ1n) is 9.66. The second-order valence-electron chi connectivity index (χ2n) is 6.74. The predicted molar refractivity (Wildman–Crippen MR) is 126 cm³/mol. The third kappa shape index (κ3) is 5.12. The molecule has 2 heterocycles. The van der Waals surface area contributed by atoms with Crippen molar-refractivity contribution in [1.29, 1.82) is 0 Å². The van der Waals surface area contributed by atoms with Gasteiger partial charge in [-0.1, -0.05) is 36.0 Å². The van der Waals surface area contributed by atoms with Crippen molar-refractivity contribution in [3.63, 3.8) is 0 Å². The third-order valence-electron chi connectivity index (χ3n) is 4.49. The molecular formula is C23H19FN4O2S2. The first-order chi connectivity index (χ1) is 15.5. The number of thiazole rings is 1. The lowest BCUT2D eigenvalue weighted by molar-refractivity contribution is -0.113. The maximum Gasteiger partial charge on any atom is 0.234 e. The number of nitrogens with zero attached hydrogens (tertiary/aromatic N) is 3. The molecule has 4 aromatic rings. The Labute approximate surface area is 192 Å². The van der Waals surface area contributed by atoms with E-state index in [1.807, 2.05) is 43.3 Å². The molecule has 0 atom stereocenters. The summed E-state index contributed by atoms with van der Waals surface area (Å²) in [5, 5.41) is 12.6. The van der Waals surface area contributed by atoms with Crippen molar-refractivity contribution in [3.05, 3.63) is 72.2 Å². The fraction of sp³-hybridized carbons (Fsp3) is 0.130. The Morgan fingerprint density at radius 3 is 2.72 bits per heavy atom. The van der Waals surface area contributed by atoms with E-state index in [4.69, 9.17) is 4.74 Å². The lowest BCUT2D eigenvalue weighted by atomic mass is 10.2. The number of para-hydroxylation sites is 1. The van der Waals surface area contributed by atoms with Gasteiger partial charge in [-0.05, 0) is 43.3 Å². The standard InChI is InChI=1S/C23H19FN4O2S2/c1-14-22(32-23(25-14)15-6-5-7-16(12-15)30-2)19-10-11-21(28-27-19)31-13-20(29)26-18-9-4-3-8-17(18)24/h3-12H,13H2,1-2H3,(H,26,29). The molecule has 9 heteroatoms. The van der Waals surface area contributed by atoms with Gasteiger partial charge in [-0.2, -0.15) is 0 Å². The molecule has 0 aliphatic carbocycles. The number of hydrogen-bond acceptors (Lipinski definition) is 7. The van der Waals surface area contributed by atoms with Crippen molar-refractivity contribution in [3.8, 4) is 26.9 Å². The number of aryl methyl sites for hydroxylation is 1. The van der Waals surface area contributed by atoms with Crippen LogP contribution in [0.5, 0.6) is 5.75 Å². The maximum absolute atomic E-state index is 13.6. The quantitative estimate of drug-likeness (QED) is 0.365. The summed E-state index contributed by atoms with van der Waals surface area (Å²) in [4.78, 5) is 17.7. The van der Waals surface area contributed by atoms with Crippen LogP contribution in [-0.4, -0.2) is 34.0 Å². The molecule has 1 N–H and O–H groups in total. The zero-order valence-electron chi connectivity index (χ0n) is 17.3. The molecule has 0 bridgehead atoms. The molecule has 0 radical (unpaired) electrons. The van der Waals surface area contributed by atoms with E-state index in [2.05, 4.69) is 20.5 Å². The molecule has 0 fully saturated rings. The molecule has 0 aliphatic heterocycles. The number of aromatic nitrogens is 3. The molecule has 6 nitrogen and oxygen atoms in total. The average Bonchev–Trinajstić information content (AvgIpc) is 3.21. The molecule has 0 unspecified atom stereocenters. The van der Waals surface area contributed by atoms with Crippen molar-refractivity contribution in [1.82, 2.24) is 15.2 Å². The number of thioether (sulfide) groups is 1. The molecule has 0 saturated heterocycles. The summed E-state index contributed by atoms with van der Waals surface area (Å²) in [5.41, 5.74) is 2.72. The van der Waals surface area contributed by atoms with E-state index in [0.717, 1.165) is 26.9 Å². The number of methoxy groups -OCH3 is 1. The van der Waals surface area contributed by atoms with Gasteiger partial charge in [0.05, 0.1) is 29.1 Å². The zero-order chi connectivity index (χ0) is 22.5. The molecule has 0 aliphatic rings. The predicted octanol–water partition coefficient (Wildman–Crippen LogP) is 5.45. The number of benzene rings is 2. The van der Waals surface area contributed by atoms with Crippen LogP contribution < -0.4 is 10.1 Å². The van der Waals surface area contributed by atoms with Gasteiger partial charge >= 0.3 is 0 Å². The van der Waals surface area contributed by atoms with Crippen LogP contribution in [0.3, 0.4) is 0 Å². The van der Waals surface area contributed by atoms with Gasteiger partial charge in [0.15, 0.2) is 0 Å². The van der Waals surface area contributed by atoms with E-state index < -0.39 is 5.82 Å². The number of rotatable bonds is 7. The Morgan fingerprint density at radius 2 is 1.97 bits per heavy atom. The molecule has 4 rings (SSSR count). The fourth-order valence-electron chi connectivity index (χ4n) is 2.92. The van der Waals surface area contributed by atoms with Crippen LogP contribution >= 0.6 is 23.1 Å². The number of hydrogen-bond donors (Lipinski definition) is 1. The monoisotopic (exact) mass is 466 g/mol. The molecule has 32 heavy (non-hydrogen) atoms. The van der Waals surface area contributed by atoms with Crippen LogP contribution in [0.25, 0.3) is 21.1 Å². The highest BCUT2D eigenvalue weighted by Crippen LogP contribution is 2.35. The second-order valence-corrected chi connectivity index (χ2v) is 8.73. The van der Waals surface area contributed by atoms with Gasteiger partial charge in [-0.25, -0.2) is 9.37 Å². The Bertz CT molecular complexity index is 1240. The largest absolute Gasteiger partial charge is 0.497 e. The van der Waals surface area contributed by atoms with Gasteiger partial charge in [0.25, 0.3) is 0 Å². The van der Waals surface area contributed by atoms with Gasteiger partial charge in [0.2, 0.25) is 5.91 Å². The first-order valence-corrected chi connectivity index (χ1v) is 11.5. The number of anilines is 1. The number of amides is 1. The van der Waals surface area contributed by atoms with E-state index in [1.54, 1.807) is 19.2 Å². The van der Waals surface area contributed by atoms with Crippen molar-refractivity contribution >= 4 is 34.7 Å². The Kier molecular flexibility index (Phi) is 6.77. The molecular weight excluding hydrogens is 447 g/mol. The normalized spacial score (nSPS) is 10.7. The van der Waals surface area contributed by atoms with E-state index in [1.165, 1.54) is 35.2 Å². The Hall–Kier alpha value is -3.30. The number of carbonyl (C=O) groups is 1. The summed E-state index contributed by atoms with van der Waals surface area (Å²) in [7, 11) is 1.64. The van der Waals surface area contributed by atoms with Crippen molar-refractivity contribution in [2.24, 2.45) is 0 Å². The molecule has 1 amide bonds. The van der Waals surface area contributed by atoms with E-state index in [0.29, 0.717) is 10.7 Å². The number of carbonyl (C=O) groups excluding carboxylic acids is 1. The molecule has 2 aromatic carbocycles. The van der Waals surface area contributed by atoms with Crippen LogP contribution in [0.15, 0.2) is 65.7 Å². The van der Waals surface area contributed by atoms with Gasteiger partial charge in [-0.3, -0.25) is 4.79 Å². The highest BCUT2D eigenvalue weighted by atomic mass is 32.2. The molecule has 0 spiro atoms. The maximum atomic E-state index is 13.6. The topological polar surface area (TPSA) is 77.0 Å². The van der Waals surface area contributed by atoms with E-state index in [-0.39, 0.29) is 17.3 Å². The number of halogens is 1. The third-order valence-corrected chi connectivity index (χ3v) is 6.63. The number of nitrogens with one attached hydrogen (secondary N) is 1. The van der Waals surface area contributed by atoms with Crippen molar-refractivity contribution in [2.75, 3.05) is 18.2 Å². The fourth-order valence-corrected chi connectivity index (χ4v) is 4.56. The zero-order valence-corrected chi connectivity index (χ0v) is 19.0. The summed E-state index contributed by atoms with van der Waals surface area (Å²) in [6.45, 7) is 1.94. The summed E-state index contributed by atoms with van der Waals surface area (Å²) in [6, 6.07) is 17.5. The van der Waals surface area contributed by atoms with Crippen molar-refractivity contribution in [2.45, 2.75) is 11.9 Å². The van der Waals surface area contributed by atoms with Gasteiger partial charge in [0.1, 0.15) is 27.3 Å². The smallest absolute Gasteiger partial charge is 0.234 e. The summed E-state index contributed by atoms with van der Waals surface area (Å²) in [6.07, 6.45) is 0. The molecule has 2 aromatic heterocycles. The van der Waals surface area contributed by atoms with Crippen LogP contribution in [0.4, 0.5) is 10.1 Å². The minimum absolute atomic E-state index is 0.0991. The van der Waals surface area contributed by atoms with E-state index >= 15 is 0 Å². The highest BCUT2D eigenvalue weighted by Gasteiger charge is 2.14. The SMILES string of the molecule is COc1cccc(-c2nc(C)c(-c3ccc(SCC(=O)Nc4ccccc4F)nn3)s2)c1. The molecule has 162 valence electrons. The number of ether oxygens (including phenoxy) is 1. The highest BCUT2D eigenvalue weighted by molar-refractivity contribution is 7.99. The Morgan fingerprint density at radius 1 is 1.12 bits per heavy atom. The van der Waals surface area contributed by atoms with E-state index in [9.17, 15) is 9.18 Å². The summed E-state index contributed by atoms with van der Waals surface area (Å²) >= 11 is 2.77. The lowest BCUT2D eigenvalue weighted by Gasteiger charge is -2.05. The molecule has 0 saturated carbocycles. The minimum atomic E-state index is -0.469.